The van der Waals surface area contributed by atoms with Gasteiger partial charge in [-0.2, -0.15) is 0 Å². The maximum Gasteiger partial charge on any atom is 0.322 e. The van der Waals surface area contributed by atoms with E-state index < -0.39 is 11.4 Å². The summed E-state index contributed by atoms with van der Waals surface area (Å²) in [5.41, 5.74) is 6.72. The van der Waals surface area contributed by atoms with Crippen molar-refractivity contribution in [2.45, 2.75) is 33.3 Å². The van der Waals surface area contributed by atoms with Crippen molar-refractivity contribution in [3.63, 3.8) is 0 Å². The average Bonchev–Trinajstić information content (AvgIpc) is 3.08. The van der Waals surface area contributed by atoms with Gasteiger partial charge >= 0.3 is 5.97 Å². The Labute approximate surface area is 199 Å². The standard InChI is InChI=1S/C27H32FN3O3/c1-16-14-27(25(32)30-12-11-29)24(18(3)34-26(27)33)23(17(16)2)10-9-22-8-7-20(15-31-22)19-5-4-6-21(28)13-19/h4-10,13,15-18,23-24H,11-12,14,29H2,1-3H3,(H,30,32)/b10-9+/t16?,17?,18-,23?,24?,27-/m1/s1. The molecule has 1 aliphatic carbocycles. The molecule has 180 valence electrons. The Kier molecular flexibility index (Phi) is 6.84. The summed E-state index contributed by atoms with van der Waals surface area (Å²) in [5, 5.41) is 2.84. The molecule has 2 fully saturated rings. The van der Waals surface area contributed by atoms with Crippen molar-refractivity contribution >= 4 is 18.0 Å². The van der Waals surface area contributed by atoms with Crippen LogP contribution in [-0.2, 0) is 14.3 Å². The van der Waals surface area contributed by atoms with Gasteiger partial charge in [0.25, 0.3) is 0 Å². The van der Waals surface area contributed by atoms with Crippen LogP contribution in [0.25, 0.3) is 17.2 Å². The maximum absolute atomic E-state index is 13.5. The summed E-state index contributed by atoms with van der Waals surface area (Å²) in [6.07, 6.45) is 5.81. The number of rotatable bonds is 6. The van der Waals surface area contributed by atoms with Crippen LogP contribution in [0.15, 0.2) is 48.7 Å². The summed E-state index contributed by atoms with van der Waals surface area (Å²) in [7, 11) is 0. The van der Waals surface area contributed by atoms with Crippen LogP contribution in [-0.4, -0.2) is 36.1 Å². The predicted octanol–water partition coefficient (Wildman–Crippen LogP) is 3.82. The fourth-order valence-electron chi connectivity index (χ4n) is 5.67. The number of halogens is 1. The van der Waals surface area contributed by atoms with Gasteiger partial charge in [-0.3, -0.25) is 14.6 Å². The van der Waals surface area contributed by atoms with Crippen LogP contribution in [0.3, 0.4) is 0 Å². The highest BCUT2D eigenvalue weighted by atomic mass is 19.1. The monoisotopic (exact) mass is 465 g/mol. The number of carbonyl (C=O) groups excluding carboxylic acids is 2. The Hall–Kier alpha value is -3.06. The Morgan fingerprint density at radius 3 is 2.74 bits per heavy atom. The van der Waals surface area contributed by atoms with Crippen LogP contribution in [0.4, 0.5) is 4.39 Å². The van der Waals surface area contributed by atoms with Crippen LogP contribution >= 0.6 is 0 Å². The smallest absolute Gasteiger partial charge is 0.322 e. The van der Waals surface area contributed by atoms with Gasteiger partial charge in [0.1, 0.15) is 11.9 Å². The zero-order chi connectivity index (χ0) is 24.5. The van der Waals surface area contributed by atoms with Gasteiger partial charge in [-0.1, -0.05) is 38.1 Å². The molecule has 1 saturated carbocycles. The van der Waals surface area contributed by atoms with E-state index in [4.69, 9.17) is 10.5 Å². The second kappa shape index (κ2) is 9.66. The summed E-state index contributed by atoms with van der Waals surface area (Å²) < 4.78 is 19.2. The number of aromatic nitrogens is 1. The average molecular weight is 466 g/mol. The molecule has 1 amide bonds. The number of benzene rings is 1. The van der Waals surface area contributed by atoms with Gasteiger partial charge in [-0.15, -0.1) is 0 Å². The van der Waals surface area contributed by atoms with Crippen molar-refractivity contribution in [3.8, 4) is 11.1 Å². The van der Waals surface area contributed by atoms with Gasteiger partial charge in [0.15, 0.2) is 5.41 Å². The van der Waals surface area contributed by atoms with Crippen molar-refractivity contribution < 1.29 is 18.7 Å². The number of carbonyl (C=O) groups is 2. The number of ether oxygens (including phenoxy) is 1. The molecule has 6 nitrogen and oxygen atoms in total. The van der Waals surface area contributed by atoms with E-state index in [1.54, 1.807) is 12.3 Å². The summed E-state index contributed by atoms with van der Waals surface area (Å²) in [6, 6.07) is 10.2. The molecule has 2 heterocycles. The lowest BCUT2D eigenvalue weighted by atomic mass is 9.54. The highest BCUT2D eigenvalue weighted by Crippen LogP contribution is 2.56. The molecule has 0 bridgehead atoms. The Morgan fingerprint density at radius 2 is 2.06 bits per heavy atom. The molecule has 1 saturated heterocycles. The first kappa shape index (κ1) is 24.1. The van der Waals surface area contributed by atoms with Crippen LogP contribution in [0.2, 0.25) is 0 Å². The molecule has 1 aromatic carbocycles. The molecular weight excluding hydrogens is 433 g/mol. The van der Waals surface area contributed by atoms with E-state index in [2.05, 4.69) is 30.2 Å². The van der Waals surface area contributed by atoms with Gasteiger partial charge in [0.2, 0.25) is 5.91 Å². The fraction of sp³-hybridized carbons (Fsp3) is 0.444. The number of hydrogen-bond acceptors (Lipinski definition) is 5. The topological polar surface area (TPSA) is 94.3 Å². The van der Waals surface area contributed by atoms with Crippen molar-refractivity contribution in [1.82, 2.24) is 10.3 Å². The van der Waals surface area contributed by atoms with Crippen LogP contribution in [0, 0.1) is 34.9 Å². The Balaban J connectivity index is 1.62. The largest absolute Gasteiger partial charge is 0.461 e. The number of esters is 1. The number of cyclic esters (lactones) is 1. The molecular formula is C27H32FN3O3. The summed E-state index contributed by atoms with van der Waals surface area (Å²) >= 11 is 0. The van der Waals surface area contributed by atoms with E-state index in [1.807, 2.05) is 31.2 Å². The number of nitrogens with zero attached hydrogens (tertiary/aromatic N) is 1. The minimum absolute atomic E-state index is 0.0430. The van der Waals surface area contributed by atoms with Gasteiger partial charge in [-0.25, -0.2) is 4.39 Å². The van der Waals surface area contributed by atoms with Gasteiger partial charge in [0.05, 0.1) is 5.69 Å². The molecule has 1 aromatic heterocycles. The molecule has 6 atom stereocenters. The molecule has 34 heavy (non-hydrogen) atoms. The molecule has 7 heteroatoms. The normalized spacial score (nSPS) is 30.7. The first-order valence-corrected chi connectivity index (χ1v) is 11.9. The molecule has 3 N–H and O–H groups in total. The van der Waals surface area contributed by atoms with Crippen molar-refractivity contribution in [3.05, 3.63) is 60.2 Å². The van der Waals surface area contributed by atoms with Crippen molar-refractivity contribution in [1.29, 1.82) is 0 Å². The quantitative estimate of drug-likeness (QED) is 0.500. The molecule has 4 rings (SSSR count). The summed E-state index contributed by atoms with van der Waals surface area (Å²) in [5.74, 6) is -0.925. The van der Waals surface area contributed by atoms with Crippen LogP contribution in [0.5, 0.6) is 0 Å². The van der Waals surface area contributed by atoms with E-state index in [-0.39, 0.29) is 41.5 Å². The minimum Gasteiger partial charge on any atom is -0.461 e. The third-order valence-electron chi connectivity index (χ3n) is 7.56. The van der Waals surface area contributed by atoms with Gasteiger partial charge < -0.3 is 15.8 Å². The van der Waals surface area contributed by atoms with E-state index in [9.17, 15) is 14.0 Å². The summed E-state index contributed by atoms with van der Waals surface area (Å²) in [6.45, 7) is 6.75. The molecule has 0 spiro atoms. The number of hydrogen-bond donors (Lipinski definition) is 2. The van der Waals surface area contributed by atoms with Gasteiger partial charge in [0, 0.05) is 30.8 Å². The molecule has 2 aromatic rings. The second-order valence-electron chi connectivity index (χ2n) is 9.61. The number of nitrogens with one attached hydrogen (secondary N) is 1. The number of nitrogens with two attached hydrogens (primary N) is 1. The highest BCUT2D eigenvalue weighted by molar-refractivity contribution is 6.04. The molecule has 4 unspecified atom stereocenters. The Bertz CT molecular complexity index is 1090. The lowest BCUT2D eigenvalue weighted by molar-refractivity contribution is -0.157. The van der Waals surface area contributed by atoms with Crippen molar-refractivity contribution in [2.75, 3.05) is 13.1 Å². The fourth-order valence-corrected chi connectivity index (χ4v) is 5.67. The SMILES string of the molecule is CC1C[C@@]2(C(=O)NCCN)C(=O)O[C@H](C)C2C(/C=C/c2ccc(-c3cccc(F)c3)cn2)C1C. The maximum atomic E-state index is 13.5. The highest BCUT2D eigenvalue weighted by Gasteiger charge is 2.66. The molecule has 2 aliphatic rings. The zero-order valence-electron chi connectivity index (χ0n) is 19.8. The number of fused-ring (bicyclic) bond motifs is 1. The van der Waals surface area contributed by atoms with Crippen LogP contribution in [0.1, 0.15) is 32.9 Å². The van der Waals surface area contributed by atoms with E-state index in [1.165, 1.54) is 12.1 Å². The second-order valence-corrected chi connectivity index (χ2v) is 9.61. The lowest BCUT2D eigenvalue weighted by Gasteiger charge is -2.46. The molecule has 1 aliphatic heterocycles. The summed E-state index contributed by atoms with van der Waals surface area (Å²) in [4.78, 5) is 30.8. The number of pyridine rings is 1. The minimum atomic E-state index is -1.20. The van der Waals surface area contributed by atoms with E-state index in [0.29, 0.717) is 19.5 Å². The number of allylic oxidation sites excluding steroid dienone is 1. The zero-order valence-corrected chi connectivity index (χ0v) is 19.8. The first-order valence-electron chi connectivity index (χ1n) is 11.9. The number of amides is 1. The van der Waals surface area contributed by atoms with Crippen LogP contribution < -0.4 is 11.1 Å². The lowest BCUT2D eigenvalue weighted by Crippen LogP contribution is -2.56. The Morgan fingerprint density at radius 1 is 1.26 bits per heavy atom. The van der Waals surface area contributed by atoms with Gasteiger partial charge in [-0.05, 0) is 60.9 Å². The third-order valence-corrected chi connectivity index (χ3v) is 7.56. The predicted molar refractivity (Wildman–Crippen MR) is 129 cm³/mol. The first-order chi connectivity index (χ1) is 16.3. The third kappa shape index (κ3) is 4.25. The van der Waals surface area contributed by atoms with E-state index in [0.717, 1.165) is 16.8 Å². The molecule has 0 radical (unpaired) electrons. The van der Waals surface area contributed by atoms with E-state index >= 15 is 0 Å². The van der Waals surface area contributed by atoms with Crippen molar-refractivity contribution in [2.24, 2.45) is 34.8 Å².